The van der Waals surface area contributed by atoms with Gasteiger partial charge in [0.05, 0.1) is 30.5 Å². The van der Waals surface area contributed by atoms with Crippen LogP contribution in [0.1, 0.15) is 37.3 Å². The maximum atomic E-state index is 12.4. The number of nitrogens with zero attached hydrogens (tertiary/aromatic N) is 4. The van der Waals surface area contributed by atoms with Gasteiger partial charge in [-0.15, -0.1) is 0 Å². The van der Waals surface area contributed by atoms with Crippen molar-refractivity contribution in [3.8, 4) is 5.69 Å². The van der Waals surface area contributed by atoms with E-state index in [0.717, 1.165) is 29.9 Å². The van der Waals surface area contributed by atoms with Gasteiger partial charge in [-0.1, -0.05) is 31.0 Å². The Hall–Kier alpha value is -2.89. The molecule has 1 aliphatic carbocycles. The lowest BCUT2D eigenvalue weighted by Gasteiger charge is -2.14. The number of carbonyl (C=O) groups is 1. The second-order valence-electron chi connectivity index (χ2n) is 6.45. The van der Waals surface area contributed by atoms with Gasteiger partial charge in [0.15, 0.2) is 0 Å². The third-order valence-electron chi connectivity index (χ3n) is 4.63. The number of aromatic nitrogens is 4. The Bertz CT molecular complexity index is 846. The summed E-state index contributed by atoms with van der Waals surface area (Å²) >= 11 is 0. The van der Waals surface area contributed by atoms with Gasteiger partial charge in [0, 0.05) is 12.3 Å². The third kappa shape index (κ3) is 3.47. The molecular weight excluding hydrogens is 314 g/mol. The van der Waals surface area contributed by atoms with Gasteiger partial charge < -0.3 is 5.32 Å². The molecule has 1 aromatic carbocycles. The van der Waals surface area contributed by atoms with Crippen LogP contribution in [-0.4, -0.2) is 25.5 Å². The van der Waals surface area contributed by atoms with Crippen LogP contribution in [-0.2, 0) is 11.2 Å². The first kappa shape index (κ1) is 15.6. The predicted octanol–water partition coefficient (Wildman–Crippen LogP) is 3.37. The largest absolute Gasteiger partial charge is 0.311 e. The molecule has 1 aliphatic rings. The van der Waals surface area contributed by atoms with Gasteiger partial charge in [-0.3, -0.25) is 4.79 Å². The highest BCUT2D eigenvalue weighted by Crippen LogP contribution is 2.31. The molecule has 3 aromatic rings. The number of hydrogen-bond acceptors (Lipinski definition) is 3. The number of para-hydroxylation sites is 1. The number of benzene rings is 1. The first-order chi connectivity index (χ1) is 12.3. The van der Waals surface area contributed by atoms with Crippen LogP contribution in [0.2, 0.25) is 0 Å². The van der Waals surface area contributed by atoms with Crippen molar-refractivity contribution in [2.75, 3.05) is 5.32 Å². The summed E-state index contributed by atoms with van der Waals surface area (Å²) in [5.74, 6) is 0.736. The van der Waals surface area contributed by atoms with E-state index in [4.69, 9.17) is 0 Å². The topological polar surface area (TPSA) is 64.7 Å². The normalized spacial score (nSPS) is 14.7. The Kier molecular flexibility index (Phi) is 4.33. The molecule has 0 unspecified atom stereocenters. The second kappa shape index (κ2) is 6.93. The average Bonchev–Trinajstić information content (AvgIpc) is 3.37. The molecule has 0 radical (unpaired) electrons. The average molecular weight is 335 g/mol. The summed E-state index contributed by atoms with van der Waals surface area (Å²) in [5.41, 5.74) is 1.86. The van der Waals surface area contributed by atoms with E-state index in [9.17, 15) is 4.79 Å². The maximum Gasteiger partial charge on any atom is 0.230 e. The number of nitrogens with one attached hydrogen (secondary N) is 1. The highest BCUT2D eigenvalue weighted by molar-refractivity contribution is 5.91. The zero-order valence-corrected chi connectivity index (χ0v) is 14.0. The summed E-state index contributed by atoms with van der Waals surface area (Å²) in [4.78, 5) is 12.4. The van der Waals surface area contributed by atoms with Crippen molar-refractivity contribution < 1.29 is 4.79 Å². The van der Waals surface area contributed by atoms with E-state index in [1.165, 1.54) is 12.8 Å². The molecule has 0 spiro atoms. The fourth-order valence-electron chi connectivity index (χ4n) is 3.40. The van der Waals surface area contributed by atoms with E-state index in [1.54, 1.807) is 17.1 Å². The maximum absolute atomic E-state index is 12.4. The van der Waals surface area contributed by atoms with Crippen LogP contribution in [0.4, 0.5) is 5.82 Å². The molecule has 0 bridgehead atoms. The van der Waals surface area contributed by atoms with E-state index in [-0.39, 0.29) is 5.91 Å². The van der Waals surface area contributed by atoms with Crippen LogP contribution in [0, 0.1) is 0 Å². The van der Waals surface area contributed by atoms with E-state index in [2.05, 4.69) is 15.5 Å². The number of rotatable bonds is 5. The molecule has 4 rings (SSSR count). The lowest BCUT2D eigenvalue weighted by atomic mass is 10.2. The van der Waals surface area contributed by atoms with Gasteiger partial charge >= 0.3 is 0 Å². The first-order valence-electron chi connectivity index (χ1n) is 8.72. The molecule has 0 aliphatic heterocycles. The van der Waals surface area contributed by atoms with Crippen molar-refractivity contribution in [1.82, 2.24) is 19.6 Å². The van der Waals surface area contributed by atoms with Crippen molar-refractivity contribution in [2.24, 2.45) is 0 Å². The van der Waals surface area contributed by atoms with Crippen LogP contribution >= 0.6 is 0 Å². The molecule has 1 N–H and O–H groups in total. The second-order valence-corrected chi connectivity index (χ2v) is 6.45. The molecular formula is C19H21N5O. The van der Waals surface area contributed by atoms with Gasteiger partial charge in [-0.2, -0.15) is 10.2 Å². The molecule has 128 valence electrons. The molecule has 1 fully saturated rings. The van der Waals surface area contributed by atoms with Crippen molar-refractivity contribution in [2.45, 2.75) is 38.1 Å². The number of anilines is 1. The Morgan fingerprint density at radius 1 is 1.12 bits per heavy atom. The molecule has 2 aromatic heterocycles. The van der Waals surface area contributed by atoms with Gasteiger partial charge in [0.2, 0.25) is 5.91 Å². The quantitative estimate of drug-likeness (QED) is 0.777. The van der Waals surface area contributed by atoms with E-state index < -0.39 is 0 Å². The molecule has 1 saturated carbocycles. The molecule has 0 atom stereocenters. The lowest BCUT2D eigenvalue weighted by Crippen LogP contribution is -2.19. The number of amides is 1. The van der Waals surface area contributed by atoms with Crippen LogP contribution in [0.25, 0.3) is 5.69 Å². The summed E-state index contributed by atoms with van der Waals surface area (Å²) < 4.78 is 3.74. The Labute approximate surface area is 146 Å². The van der Waals surface area contributed by atoms with Gasteiger partial charge in [-0.25, -0.2) is 9.36 Å². The summed E-state index contributed by atoms with van der Waals surface area (Å²) in [5, 5.41) is 11.7. The smallest absolute Gasteiger partial charge is 0.230 e. The minimum absolute atomic E-state index is 0.0487. The molecule has 0 saturated heterocycles. The summed E-state index contributed by atoms with van der Waals surface area (Å²) in [7, 11) is 0. The van der Waals surface area contributed by atoms with E-state index in [0.29, 0.717) is 12.5 Å². The molecule has 25 heavy (non-hydrogen) atoms. The summed E-state index contributed by atoms with van der Waals surface area (Å²) in [6.45, 7) is 0. The standard InChI is InChI=1S/C19H21N5O/c25-19(22-18-10-11-20-24(18)17-8-4-5-9-17)12-15-13-21-23(14-15)16-6-2-1-3-7-16/h1-3,6-7,10-11,13-14,17H,4-5,8-9,12H2,(H,22,25). The van der Waals surface area contributed by atoms with Gasteiger partial charge in [0.1, 0.15) is 5.82 Å². The molecule has 6 heteroatoms. The van der Waals surface area contributed by atoms with Crippen molar-refractivity contribution in [3.05, 3.63) is 60.6 Å². The van der Waals surface area contributed by atoms with Crippen molar-refractivity contribution >= 4 is 11.7 Å². The zero-order chi connectivity index (χ0) is 17.1. The molecule has 1 amide bonds. The Morgan fingerprint density at radius 3 is 2.72 bits per heavy atom. The predicted molar refractivity (Wildman–Crippen MR) is 95.6 cm³/mol. The van der Waals surface area contributed by atoms with Crippen molar-refractivity contribution in [1.29, 1.82) is 0 Å². The van der Waals surface area contributed by atoms with E-state index >= 15 is 0 Å². The summed E-state index contributed by atoms with van der Waals surface area (Å²) in [6.07, 6.45) is 10.4. The minimum atomic E-state index is -0.0487. The number of hydrogen-bond donors (Lipinski definition) is 1. The highest BCUT2D eigenvalue weighted by atomic mass is 16.1. The Balaban J connectivity index is 1.42. The zero-order valence-electron chi connectivity index (χ0n) is 14.0. The van der Waals surface area contributed by atoms with Gasteiger partial charge in [-0.05, 0) is 30.5 Å². The molecule has 2 heterocycles. The monoisotopic (exact) mass is 335 g/mol. The van der Waals surface area contributed by atoms with Crippen LogP contribution < -0.4 is 5.32 Å². The number of carbonyl (C=O) groups excluding carboxylic acids is 1. The van der Waals surface area contributed by atoms with Crippen molar-refractivity contribution in [3.63, 3.8) is 0 Å². The Morgan fingerprint density at radius 2 is 1.92 bits per heavy atom. The fraction of sp³-hybridized carbons (Fsp3) is 0.316. The fourth-order valence-corrected chi connectivity index (χ4v) is 3.40. The lowest BCUT2D eigenvalue weighted by molar-refractivity contribution is -0.115. The molecule has 6 nitrogen and oxygen atoms in total. The van der Waals surface area contributed by atoms with Crippen LogP contribution in [0.5, 0.6) is 0 Å². The third-order valence-corrected chi connectivity index (χ3v) is 4.63. The first-order valence-corrected chi connectivity index (χ1v) is 8.72. The van der Waals surface area contributed by atoms with Crippen LogP contribution in [0.3, 0.4) is 0 Å². The van der Waals surface area contributed by atoms with Crippen LogP contribution in [0.15, 0.2) is 55.0 Å². The summed E-state index contributed by atoms with van der Waals surface area (Å²) in [6, 6.07) is 12.1. The highest BCUT2D eigenvalue weighted by Gasteiger charge is 2.20. The SMILES string of the molecule is O=C(Cc1cnn(-c2ccccc2)c1)Nc1ccnn1C1CCCC1. The minimum Gasteiger partial charge on any atom is -0.311 e. The van der Waals surface area contributed by atoms with E-state index in [1.807, 2.05) is 47.3 Å². The van der Waals surface area contributed by atoms with Gasteiger partial charge in [0.25, 0.3) is 0 Å².